The summed E-state index contributed by atoms with van der Waals surface area (Å²) in [6.45, 7) is 9.44. The monoisotopic (exact) mass is 528 g/mol. The lowest BCUT2D eigenvalue weighted by molar-refractivity contribution is -0.107. The van der Waals surface area contributed by atoms with E-state index in [1.165, 1.54) is 4.57 Å². The molecule has 3 N–H and O–H groups in total. The Hall–Kier alpha value is -4.39. The summed E-state index contributed by atoms with van der Waals surface area (Å²) in [5.74, 6) is 1.34. The highest BCUT2D eigenvalue weighted by molar-refractivity contribution is 6.00. The second kappa shape index (κ2) is 8.83. The Bertz CT molecular complexity index is 1630. The van der Waals surface area contributed by atoms with Gasteiger partial charge in [-0.15, -0.1) is 0 Å². The van der Waals surface area contributed by atoms with Gasteiger partial charge in [-0.3, -0.25) is 4.57 Å². The van der Waals surface area contributed by atoms with Crippen LogP contribution >= 0.6 is 0 Å². The van der Waals surface area contributed by atoms with Gasteiger partial charge < -0.3 is 34.3 Å². The Kier molecular flexibility index (Phi) is 5.64. The first-order valence-corrected chi connectivity index (χ1v) is 12.6. The number of rotatable bonds is 7. The molecule has 39 heavy (non-hydrogen) atoms. The maximum absolute atomic E-state index is 11.6. The molecule has 3 unspecified atom stereocenters. The molecular weight excluding hydrogens is 500 g/mol. The Balaban J connectivity index is 1.41. The van der Waals surface area contributed by atoms with Gasteiger partial charge in [-0.25, -0.2) is 4.85 Å². The number of aliphatic hydroxyl groups is 1. The number of hydrogen-bond donors (Lipinski definition) is 3. The van der Waals surface area contributed by atoms with Crippen LogP contribution in [0.3, 0.4) is 0 Å². The molecule has 3 aromatic carbocycles. The average Bonchev–Trinajstić information content (AvgIpc) is 3.48. The molecule has 2 bridgehead atoms. The molecule has 3 atom stereocenters. The molecule has 2 aliphatic rings. The quantitative estimate of drug-likeness (QED) is 0.280. The van der Waals surface area contributed by atoms with Crippen LogP contribution in [-0.2, 0) is 15.9 Å². The summed E-state index contributed by atoms with van der Waals surface area (Å²) in [5, 5.41) is 35.6. The molecule has 0 radical (unpaired) electrons. The van der Waals surface area contributed by atoms with Crippen LogP contribution in [0.25, 0.3) is 21.3 Å². The number of aromatic hydroxyl groups is 2. The van der Waals surface area contributed by atoms with Crippen molar-refractivity contribution in [3.8, 4) is 34.7 Å². The summed E-state index contributed by atoms with van der Waals surface area (Å²) in [6.07, 6.45) is -0.361. The summed E-state index contributed by atoms with van der Waals surface area (Å²) in [7, 11) is 3.12. The van der Waals surface area contributed by atoms with E-state index in [0.717, 1.165) is 0 Å². The lowest BCUT2D eigenvalue weighted by Gasteiger charge is -2.26. The summed E-state index contributed by atoms with van der Waals surface area (Å²) in [5.41, 5.74) is -0.492. The van der Waals surface area contributed by atoms with Gasteiger partial charge in [0.25, 0.3) is 0 Å². The van der Waals surface area contributed by atoms with Gasteiger partial charge in [0.15, 0.2) is 5.69 Å². The van der Waals surface area contributed by atoms with Gasteiger partial charge in [0.05, 0.1) is 50.3 Å². The highest BCUT2D eigenvalue weighted by atomic mass is 16.6. The number of ether oxygens (including phenoxy) is 4. The van der Waals surface area contributed by atoms with E-state index in [1.54, 1.807) is 51.5 Å². The molecule has 6 rings (SSSR count). The lowest BCUT2D eigenvalue weighted by atomic mass is 9.76. The van der Waals surface area contributed by atoms with Crippen molar-refractivity contribution in [1.82, 2.24) is 4.57 Å². The molecule has 9 nitrogen and oxygen atoms in total. The minimum Gasteiger partial charge on any atom is -0.496 e. The number of aliphatic hydroxyl groups excluding tert-OH is 1. The van der Waals surface area contributed by atoms with Gasteiger partial charge in [-0.1, -0.05) is 30.3 Å². The Morgan fingerprint density at radius 1 is 0.974 bits per heavy atom. The summed E-state index contributed by atoms with van der Waals surface area (Å²) in [4.78, 5) is 3.61. The third-order valence-corrected chi connectivity index (χ3v) is 7.98. The van der Waals surface area contributed by atoms with Crippen molar-refractivity contribution >= 4 is 16.5 Å². The molecule has 0 aliphatic carbocycles. The predicted octanol–water partition coefficient (Wildman–Crippen LogP) is 5.28. The van der Waals surface area contributed by atoms with Crippen molar-refractivity contribution in [3.63, 3.8) is 0 Å². The van der Waals surface area contributed by atoms with Crippen LogP contribution in [0.1, 0.15) is 30.9 Å². The Labute approximate surface area is 225 Å². The van der Waals surface area contributed by atoms with E-state index < -0.39 is 17.3 Å². The molecule has 0 spiro atoms. The van der Waals surface area contributed by atoms with Gasteiger partial charge >= 0.3 is 0 Å². The van der Waals surface area contributed by atoms with Gasteiger partial charge in [0.1, 0.15) is 28.5 Å². The molecule has 1 fully saturated rings. The number of methoxy groups -OCH3 is 2. The van der Waals surface area contributed by atoms with Gasteiger partial charge in [0, 0.05) is 31.0 Å². The second-order valence-corrected chi connectivity index (χ2v) is 10.1. The van der Waals surface area contributed by atoms with E-state index in [1.807, 2.05) is 24.3 Å². The maximum Gasteiger partial charge on any atom is 0.205 e. The predicted molar refractivity (Wildman–Crippen MR) is 143 cm³/mol. The average molecular weight is 529 g/mol. The summed E-state index contributed by atoms with van der Waals surface area (Å²) in [6, 6.07) is 16.0. The molecule has 9 heteroatoms. The van der Waals surface area contributed by atoms with E-state index in [4.69, 9.17) is 25.5 Å². The summed E-state index contributed by atoms with van der Waals surface area (Å²) >= 11 is 0. The van der Waals surface area contributed by atoms with E-state index in [-0.39, 0.29) is 24.8 Å². The van der Waals surface area contributed by atoms with Crippen LogP contribution in [0.2, 0.25) is 0 Å². The third-order valence-electron chi connectivity index (χ3n) is 7.98. The number of benzene rings is 3. The van der Waals surface area contributed by atoms with E-state index in [9.17, 15) is 15.3 Å². The number of nitrogens with zero attached hydrogens (tertiary/aromatic N) is 2. The number of aromatic nitrogens is 1. The maximum atomic E-state index is 11.6. The number of fused-ring (bicyclic) bond motifs is 6. The van der Waals surface area contributed by atoms with Crippen molar-refractivity contribution in [1.29, 1.82) is 0 Å². The van der Waals surface area contributed by atoms with E-state index in [2.05, 4.69) is 4.85 Å². The Morgan fingerprint density at radius 3 is 2.28 bits per heavy atom. The van der Waals surface area contributed by atoms with Crippen molar-refractivity contribution < 1.29 is 34.3 Å². The molecule has 4 aromatic rings. The van der Waals surface area contributed by atoms with Crippen LogP contribution in [0.4, 0.5) is 5.69 Å². The molecule has 0 amide bonds. The molecule has 1 aromatic heterocycles. The summed E-state index contributed by atoms with van der Waals surface area (Å²) < 4.78 is 24.5. The molecule has 200 valence electrons. The zero-order chi connectivity index (χ0) is 27.5. The van der Waals surface area contributed by atoms with Crippen LogP contribution in [0, 0.1) is 6.57 Å². The molecule has 2 aliphatic heterocycles. The van der Waals surface area contributed by atoms with Gasteiger partial charge in [-0.2, -0.15) is 0 Å². The molecule has 3 heterocycles. The van der Waals surface area contributed by atoms with Crippen molar-refractivity contribution in [2.45, 2.75) is 37.1 Å². The zero-order valence-corrected chi connectivity index (χ0v) is 21.8. The fourth-order valence-corrected chi connectivity index (χ4v) is 6.11. The highest BCUT2D eigenvalue weighted by Gasteiger charge is 2.66. The standard InChI is InChI=1S/C30H28N2O7/c1-29-24(33)16-30(39-29,11-12-38-19-14-17(36-3)13-18(15-19)37-4)26-25(29)27(34)32(28(26)35)23-10-9-22(31-2)20-7-5-6-8-21(20)23/h5-10,13-15,24,33-35H,11-12,16H2,1,3-4H3. The van der Waals surface area contributed by atoms with Crippen molar-refractivity contribution in [3.05, 3.63) is 77.1 Å². The van der Waals surface area contributed by atoms with Crippen LogP contribution < -0.4 is 14.2 Å². The molecule has 0 saturated carbocycles. The van der Waals surface area contributed by atoms with Crippen molar-refractivity contribution in [2.75, 3.05) is 20.8 Å². The first-order chi connectivity index (χ1) is 18.8. The smallest absolute Gasteiger partial charge is 0.205 e. The van der Waals surface area contributed by atoms with Gasteiger partial charge in [0.2, 0.25) is 11.8 Å². The fourth-order valence-electron chi connectivity index (χ4n) is 6.11. The molecular formula is C30H28N2O7. The minimum atomic E-state index is -1.21. The van der Waals surface area contributed by atoms with Gasteiger partial charge in [-0.05, 0) is 23.8 Å². The SMILES string of the molecule is [C-]#[N+]c1ccc(-n2c(O)c3c(c2O)C2(C)OC3(CCOc3cc(OC)cc(OC)c3)CC2O)c2ccccc12. The first kappa shape index (κ1) is 24.9. The highest BCUT2D eigenvalue weighted by Crippen LogP contribution is 2.65. The van der Waals surface area contributed by atoms with Crippen LogP contribution in [-0.4, -0.2) is 46.8 Å². The van der Waals surface area contributed by atoms with Crippen LogP contribution in [0.5, 0.6) is 29.0 Å². The van der Waals surface area contributed by atoms with Crippen LogP contribution in [0.15, 0.2) is 54.6 Å². The number of hydrogen-bond acceptors (Lipinski definition) is 7. The Morgan fingerprint density at radius 2 is 1.62 bits per heavy atom. The lowest BCUT2D eigenvalue weighted by Crippen LogP contribution is -2.33. The second-order valence-electron chi connectivity index (χ2n) is 10.1. The topological polar surface area (TPSA) is 107 Å². The zero-order valence-electron chi connectivity index (χ0n) is 21.8. The normalized spacial score (nSPS) is 23.0. The van der Waals surface area contributed by atoms with E-state index >= 15 is 0 Å². The largest absolute Gasteiger partial charge is 0.496 e. The third kappa shape index (κ3) is 3.52. The molecule has 1 saturated heterocycles. The fraction of sp³-hybridized carbons (Fsp3) is 0.300. The minimum absolute atomic E-state index is 0.165. The first-order valence-electron chi connectivity index (χ1n) is 12.6. The van der Waals surface area contributed by atoms with E-state index in [0.29, 0.717) is 56.9 Å². The van der Waals surface area contributed by atoms with Crippen molar-refractivity contribution in [2.24, 2.45) is 0 Å².